The number of carbonyl (C=O) groups is 2. The van der Waals surface area contributed by atoms with E-state index in [2.05, 4.69) is 0 Å². The Hall–Kier alpha value is -2.82. The van der Waals surface area contributed by atoms with Crippen molar-refractivity contribution in [3.05, 3.63) is 65.7 Å². The van der Waals surface area contributed by atoms with Crippen LogP contribution in [-0.2, 0) is 11.4 Å². The maximum Gasteiger partial charge on any atom is 0.326 e. The lowest BCUT2D eigenvalue weighted by atomic mass is 10.1. The van der Waals surface area contributed by atoms with Gasteiger partial charge >= 0.3 is 5.97 Å². The van der Waals surface area contributed by atoms with Crippen LogP contribution in [0.4, 0.5) is 0 Å². The van der Waals surface area contributed by atoms with E-state index >= 15 is 0 Å². The van der Waals surface area contributed by atoms with Gasteiger partial charge in [0.25, 0.3) is 5.91 Å². The van der Waals surface area contributed by atoms with Gasteiger partial charge in [-0.2, -0.15) is 0 Å². The molecule has 2 aromatic carbocycles. The average Bonchev–Trinajstić information content (AvgIpc) is 2.93. The number of rotatable bonds is 5. The molecule has 1 unspecified atom stereocenters. The minimum absolute atomic E-state index is 0.246. The lowest BCUT2D eigenvalue weighted by Crippen LogP contribution is -2.44. The fourth-order valence-electron chi connectivity index (χ4n) is 3.23. The van der Waals surface area contributed by atoms with Crippen molar-refractivity contribution in [2.24, 2.45) is 0 Å². The second-order valence-corrected chi connectivity index (χ2v) is 6.50. The molecule has 0 aliphatic carbocycles. The smallest absolute Gasteiger partial charge is 0.326 e. The summed E-state index contributed by atoms with van der Waals surface area (Å²) in [5.74, 6) is -0.581. The summed E-state index contributed by atoms with van der Waals surface area (Å²) >= 11 is 0. The molecule has 1 heterocycles. The SMILES string of the molecule is O=C(O)C1CCCCCN1C(=O)c1cccc(OCc2ccccc2)c1. The van der Waals surface area contributed by atoms with Gasteiger partial charge in [0.05, 0.1) is 0 Å². The van der Waals surface area contributed by atoms with Gasteiger partial charge in [-0.1, -0.05) is 49.2 Å². The second-order valence-electron chi connectivity index (χ2n) is 6.50. The van der Waals surface area contributed by atoms with Gasteiger partial charge in [0, 0.05) is 12.1 Å². The molecule has 1 aliphatic rings. The monoisotopic (exact) mass is 353 g/mol. The molecule has 0 bridgehead atoms. The zero-order chi connectivity index (χ0) is 18.4. The number of amides is 1. The summed E-state index contributed by atoms with van der Waals surface area (Å²) in [5.41, 5.74) is 1.51. The number of aliphatic carboxylic acids is 1. The van der Waals surface area contributed by atoms with Gasteiger partial charge in [0.2, 0.25) is 0 Å². The van der Waals surface area contributed by atoms with Gasteiger partial charge in [-0.3, -0.25) is 4.79 Å². The van der Waals surface area contributed by atoms with Crippen LogP contribution in [0, 0.1) is 0 Å². The predicted molar refractivity (Wildman–Crippen MR) is 98.1 cm³/mol. The molecule has 0 radical (unpaired) electrons. The molecule has 26 heavy (non-hydrogen) atoms. The first-order valence-electron chi connectivity index (χ1n) is 8.96. The first kappa shape index (κ1) is 18.0. The van der Waals surface area contributed by atoms with Crippen LogP contribution in [0.2, 0.25) is 0 Å². The van der Waals surface area contributed by atoms with E-state index in [-0.39, 0.29) is 5.91 Å². The van der Waals surface area contributed by atoms with E-state index in [0.29, 0.717) is 30.9 Å². The van der Waals surface area contributed by atoms with Crippen molar-refractivity contribution in [1.29, 1.82) is 0 Å². The number of ether oxygens (including phenoxy) is 1. The normalized spacial score (nSPS) is 17.4. The third-order valence-corrected chi connectivity index (χ3v) is 4.63. The van der Waals surface area contributed by atoms with Crippen molar-refractivity contribution in [2.75, 3.05) is 6.54 Å². The molecule has 1 saturated heterocycles. The molecule has 0 saturated carbocycles. The van der Waals surface area contributed by atoms with Crippen molar-refractivity contribution in [3.8, 4) is 5.75 Å². The van der Waals surface area contributed by atoms with Crippen LogP contribution < -0.4 is 4.74 Å². The Bertz CT molecular complexity index is 760. The number of carboxylic acid groups (broad SMARTS) is 1. The van der Waals surface area contributed by atoms with Gasteiger partial charge in [-0.15, -0.1) is 0 Å². The van der Waals surface area contributed by atoms with Crippen LogP contribution >= 0.6 is 0 Å². The summed E-state index contributed by atoms with van der Waals surface area (Å²) < 4.78 is 5.78. The first-order chi connectivity index (χ1) is 12.6. The second kappa shape index (κ2) is 8.52. The molecule has 3 rings (SSSR count). The molecule has 5 heteroatoms. The van der Waals surface area contributed by atoms with Crippen molar-refractivity contribution in [3.63, 3.8) is 0 Å². The third kappa shape index (κ3) is 4.42. The Morgan fingerprint density at radius 3 is 2.62 bits per heavy atom. The Morgan fingerprint density at radius 2 is 1.85 bits per heavy atom. The Balaban J connectivity index is 1.73. The highest BCUT2D eigenvalue weighted by atomic mass is 16.5. The standard InChI is InChI=1S/C21H23NO4/c23-20(22-13-6-2-5-12-19(22)21(24)25)17-10-7-11-18(14-17)26-15-16-8-3-1-4-9-16/h1,3-4,7-11,14,19H,2,5-6,12-13,15H2,(H,24,25). The maximum atomic E-state index is 12.9. The zero-order valence-electron chi connectivity index (χ0n) is 14.6. The number of benzene rings is 2. The third-order valence-electron chi connectivity index (χ3n) is 4.63. The van der Waals surface area contributed by atoms with Gasteiger partial charge in [-0.05, 0) is 36.6 Å². The molecule has 0 aromatic heterocycles. The van der Waals surface area contributed by atoms with Crippen LogP contribution in [0.25, 0.3) is 0 Å². The van der Waals surface area contributed by atoms with Gasteiger partial charge < -0.3 is 14.7 Å². The summed E-state index contributed by atoms with van der Waals surface area (Å²) in [7, 11) is 0. The quantitative estimate of drug-likeness (QED) is 0.889. The van der Waals surface area contributed by atoms with Crippen LogP contribution in [-0.4, -0.2) is 34.5 Å². The zero-order valence-corrected chi connectivity index (χ0v) is 14.6. The van der Waals surface area contributed by atoms with Crippen molar-refractivity contribution in [1.82, 2.24) is 4.90 Å². The number of carbonyl (C=O) groups excluding carboxylic acids is 1. The Morgan fingerprint density at radius 1 is 1.04 bits per heavy atom. The number of hydrogen-bond acceptors (Lipinski definition) is 3. The number of carboxylic acids is 1. The van der Waals surface area contributed by atoms with Crippen LogP contribution in [0.5, 0.6) is 5.75 Å². The molecule has 2 aromatic rings. The summed E-state index contributed by atoms with van der Waals surface area (Å²) in [6, 6.07) is 16.0. The highest BCUT2D eigenvalue weighted by Crippen LogP contribution is 2.22. The van der Waals surface area contributed by atoms with Crippen molar-refractivity contribution >= 4 is 11.9 Å². The summed E-state index contributed by atoms with van der Waals surface area (Å²) in [6.07, 6.45) is 3.12. The van der Waals surface area contributed by atoms with E-state index in [0.717, 1.165) is 24.8 Å². The number of nitrogens with zero attached hydrogens (tertiary/aromatic N) is 1. The summed E-state index contributed by atoms with van der Waals surface area (Å²) in [5, 5.41) is 9.48. The van der Waals surface area contributed by atoms with E-state index in [1.165, 1.54) is 4.90 Å². The average molecular weight is 353 g/mol. The van der Waals surface area contributed by atoms with Crippen molar-refractivity contribution < 1.29 is 19.4 Å². The van der Waals surface area contributed by atoms with E-state index in [1.807, 2.05) is 30.3 Å². The minimum atomic E-state index is -0.934. The van der Waals surface area contributed by atoms with Gasteiger partial charge in [-0.25, -0.2) is 4.79 Å². The van der Waals surface area contributed by atoms with Gasteiger partial charge in [0.1, 0.15) is 18.4 Å². The van der Waals surface area contributed by atoms with Crippen LogP contribution in [0.15, 0.2) is 54.6 Å². The largest absolute Gasteiger partial charge is 0.489 e. The molecule has 1 atom stereocenters. The van der Waals surface area contributed by atoms with E-state index < -0.39 is 12.0 Å². The highest BCUT2D eigenvalue weighted by molar-refractivity contribution is 5.97. The molecule has 1 amide bonds. The molecule has 0 spiro atoms. The van der Waals surface area contributed by atoms with Gasteiger partial charge in [0.15, 0.2) is 0 Å². The van der Waals surface area contributed by atoms with E-state index in [4.69, 9.17) is 4.74 Å². The lowest BCUT2D eigenvalue weighted by Gasteiger charge is -2.27. The fraction of sp³-hybridized carbons (Fsp3) is 0.333. The maximum absolute atomic E-state index is 12.9. The highest BCUT2D eigenvalue weighted by Gasteiger charge is 2.31. The number of likely N-dealkylation sites (tertiary alicyclic amines) is 1. The summed E-state index contributed by atoms with van der Waals surface area (Å²) in [4.78, 5) is 26.0. The predicted octanol–water partition coefficient (Wildman–Crippen LogP) is 3.74. The topological polar surface area (TPSA) is 66.8 Å². The molecule has 1 N–H and O–H groups in total. The Kier molecular flexibility index (Phi) is 5.89. The minimum Gasteiger partial charge on any atom is -0.489 e. The van der Waals surface area contributed by atoms with Crippen LogP contribution in [0.1, 0.15) is 41.6 Å². The first-order valence-corrected chi connectivity index (χ1v) is 8.96. The van der Waals surface area contributed by atoms with E-state index in [1.54, 1.807) is 24.3 Å². The van der Waals surface area contributed by atoms with E-state index in [9.17, 15) is 14.7 Å². The Labute approximate surface area is 153 Å². The molecule has 1 fully saturated rings. The van der Waals surface area contributed by atoms with Crippen molar-refractivity contribution in [2.45, 2.75) is 38.3 Å². The lowest BCUT2D eigenvalue weighted by molar-refractivity contribution is -0.142. The molecule has 1 aliphatic heterocycles. The fourth-order valence-corrected chi connectivity index (χ4v) is 3.23. The molecular formula is C21H23NO4. The molecule has 136 valence electrons. The van der Waals surface area contributed by atoms with Crippen LogP contribution in [0.3, 0.4) is 0 Å². The summed E-state index contributed by atoms with van der Waals surface area (Å²) in [6.45, 7) is 0.894. The molecule has 5 nitrogen and oxygen atoms in total. The number of hydrogen-bond donors (Lipinski definition) is 1. The molecular weight excluding hydrogens is 330 g/mol.